The van der Waals surface area contributed by atoms with Gasteiger partial charge in [-0.1, -0.05) is 29.1 Å². The molecule has 0 fully saturated rings. The van der Waals surface area contributed by atoms with Crippen molar-refractivity contribution in [2.75, 3.05) is 0 Å². The number of para-hydroxylation sites is 2. The first-order valence-electron chi connectivity index (χ1n) is 7.72. The number of benzene rings is 2. The minimum absolute atomic E-state index is 0.286. The van der Waals surface area contributed by atoms with Crippen molar-refractivity contribution in [2.45, 2.75) is 17.3 Å². The van der Waals surface area contributed by atoms with Crippen LogP contribution in [0.5, 0.6) is 5.75 Å². The van der Waals surface area contributed by atoms with E-state index in [1.54, 1.807) is 0 Å². The van der Waals surface area contributed by atoms with Crippen LogP contribution in [0.25, 0.3) is 22.4 Å². The van der Waals surface area contributed by atoms with Gasteiger partial charge in [0.1, 0.15) is 5.75 Å². The van der Waals surface area contributed by atoms with Gasteiger partial charge in [-0.2, -0.15) is 4.98 Å². The Labute approximate surface area is 154 Å². The number of fused-ring (bicyclic) bond motifs is 1. The van der Waals surface area contributed by atoms with E-state index in [1.165, 1.54) is 36.0 Å². The molecular formula is C17H11F3N4O2S. The van der Waals surface area contributed by atoms with Gasteiger partial charge in [-0.15, -0.1) is 13.2 Å². The van der Waals surface area contributed by atoms with Crippen LogP contribution in [0.4, 0.5) is 13.2 Å². The summed E-state index contributed by atoms with van der Waals surface area (Å²) in [6, 6.07) is 12.9. The maximum atomic E-state index is 12.2. The normalized spacial score (nSPS) is 11.8. The molecule has 10 heteroatoms. The molecule has 0 amide bonds. The van der Waals surface area contributed by atoms with Gasteiger partial charge in [0, 0.05) is 5.56 Å². The van der Waals surface area contributed by atoms with Gasteiger partial charge in [-0.3, -0.25) is 0 Å². The maximum absolute atomic E-state index is 12.2. The zero-order chi connectivity index (χ0) is 18.9. The zero-order valence-electron chi connectivity index (χ0n) is 13.5. The van der Waals surface area contributed by atoms with Crippen molar-refractivity contribution in [3.8, 4) is 17.1 Å². The minimum Gasteiger partial charge on any atom is -0.406 e. The molecule has 2 aromatic heterocycles. The number of hydrogen-bond donors (Lipinski definition) is 1. The molecule has 4 aromatic rings. The lowest BCUT2D eigenvalue weighted by Crippen LogP contribution is -2.16. The predicted octanol–water partition coefficient (Wildman–Crippen LogP) is 4.80. The standard InChI is InChI=1S/C17H11F3N4O2S/c18-17(19,20)25-11-7-5-10(6-8-11)15-23-14(26-24-15)9-27-16-21-12-3-1-2-4-13(12)22-16/h1-8H,9H2,(H,21,22). The first-order chi connectivity index (χ1) is 13.0. The summed E-state index contributed by atoms with van der Waals surface area (Å²) in [5.41, 5.74) is 2.33. The molecule has 138 valence electrons. The van der Waals surface area contributed by atoms with Crippen LogP contribution in [0, 0.1) is 0 Å². The highest BCUT2D eigenvalue weighted by atomic mass is 32.2. The average molecular weight is 392 g/mol. The van der Waals surface area contributed by atoms with Gasteiger partial charge in [0.15, 0.2) is 5.16 Å². The highest BCUT2D eigenvalue weighted by Crippen LogP contribution is 2.27. The molecule has 0 spiro atoms. The largest absolute Gasteiger partial charge is 0.573 e. The molecule has 0 bridgehead atoms. The van der Waals surface area contributed by atoms with Crippen molar-refractivity contribution < 1.29 is 22.4 Å². The van der Waals surface area contributed by atoms with Crippen LogP contribution in [0.1, 0.15) is 5.89 Å². The molecule has 0 unspecified atom stereocenters. The van der Waals surface area contributed by atoms with Crippen LogP contribution in [0.3, 0.4) is 0 Å². The topological polar surface area (TPSA) is 76.8 Å². The number of alkyl halides is 3. The summed E-state index contributed by atoms with van der Waals surface area (Å²) in [7, 11) is 0. The number of nitrogens with one attached hydrogen (secondary N) is 1. The summed E-state index contributed by atoms with van der Waals surface area (Å²) >= 11 is 1.41. The van der Waals surface area contributed by atoms with Gasteiger partial charge in [0.05, 0.1) is 16.8 Å². The monoisotopic (exact) mass is 392 g/mol. The number of imidazole rings is 1. The number of hydrogen-bond acceptors (Lipinski definition) is 6. The second-order valence-corrected chi connectivity index (χ2v) is 6.40. The first kappa shape index (κ1) is 17.4. The molecule has 0 aliphatic carbocycles. The highest BCUT2D eigenvalue weighted by Gasteiger charge is 2.31. The number of aromatic amines is 1. The number of thioether (sulfide) groups is 1. The second-order valence-electron chi connectivity index (χ2n) is 5.43. The second kappa shape index (κ2) is 6.95. The molecule has 0 radical (unpaired) electrons. The van der Waals surface area contributed by atoms with E-state index < -0.39 is 6.36 Å². The number of ether oxygens (including phenoxy) is 1. The molecule has 0 saturated heterocycles. The molecule has 1 N–H and O–H groups in total. The van der Waals surface area contributed by atoms with Crippen molar-refractivity contribution in [3.63, 3.8) is 0 Å². The minimum atomic E-state index is -4.73. The van der Waals surface area contributed by atoms with Crippen molar-refractivity contribution in [1.82, 2.24) is 20.1 Å². The van der Waals surface area contributed by atoms with E-state index in [0.717, 1.165) is 16.2 Å². The smallest absolute Gasteiger partial charge is 0.406 e. The summed E-state index contributed by atoms with van der Waals surface area (Å²) in [6.07, 6.45) is -4.73. The first-order valence-corrected chi connectivity index (χ1v) is 8.71. The summed E-state index contributed by atoms with van der Waals surface area (Å²) in [4.78, 5) is 11.9. The molecule has 0 saturated carbocycles. The van der Waals surface area contributed by atoms with Crippen molar-refractivity contribution in [2.24, 2.45) is 0 Å². The lowest BCUT2D eigenvalue weighted by molar-refractivity contribution is -0.274. The summed E-state index contributed by atoms with van der Waals surface area (Å²) in [5.74, 6) is 0.762. The molecule has 4 rings (SSSR count). The number of nitrogens with zero attached hydrogens (tertiary/aromatic N) is 3. The molecule has 0 aliphatic heterocycles. The summed E-state index contributed by atoms with van der Waals surface area (Å²) in [6.45, 7) is 0. The van der Waals surface area contributed by atoms with Crippen LogP contribution in [0.15, 0.2) is 58.2 Å². The third kappa shape index (κ3) is 4.22. The van der Waals surface area contributed by atoms with Crippen molar-refractivity contribution in [3.05, 3.63) is 54.4 Å². The lowest BCUT2D eigenvalue weighted by atomic mass is 10.2. The van der Waals surface area contributed by atoms with E-state index in [9.17, 15) is 13.2 Å². The van der Waals surface area contributed by atoms with E-state index in [0.29, 0.717) is 17.2 Å². The quantitative estimate of drug-likeness (QED) is 0.492. The van der Waals surface area contributed by atoms with Gasteiger partial charge in [0.2, 0.25) is 11.7 Å². The fourth-order valence-corrected chi connectivity index (χ4v) is 3.09. The summed E-state index contributed by atoms with van der Waals surface area (Å²) in [5, 5.41) is 4.58. The third-order valence-corrected chi connectivity index (χ3v) is 4.37. The van der Waals surface area contributed by atoms with E-state index in [2.05, 4.69) is 24.8 Å². The molecular weight excluding hydrogens is 381 g/mol. The van der Waals surface area contributed by atoms with E-state index in [4.69, 9.17) is 4.52 Å². The van der Waals surface area contributed by atoms with Crippen LogP contribution in [-0.4, -0.2) is 26.5 Å². The van der Waals surface area contributed by atoms with Crippen molar-refractivity contribution in [1.29, 1.82) is 0 Å². The molecule has 27 heavy (non-hydrogen) atoms. The number of rotatable bonds is 5. The Morgan fingerprint density at radius 3 is 2.56 bits per heavy atom. The Bertz CT molecular complexity index is 1030. The molecule has 6 nitrogen and oxygen atoms in total. The summed E-state index contributed by atoms with van der Waals surface area (Å²) < 4.78 is 45.6. The highest BCUT2D eigenvalue weighted by molar-refractivity contribution is 7.98. The van der Waals surface area contributed by atoms with Gasteiger partial charge in [-0.25, -0.2) is 4.98 Å². The van der Waals surface area contributed by atoms with Gasteiger partial charge < -0.3 is 14.2 Å². The van der Waals surface area contributed by atoms with Crippen LogP contribution in [-0.2, 0) is 5.75 Å². The molecule has 0 aliphatic rings. The maximum Gasteiger partial charge on any atom is 0.573 e. The molecule has 0 atom stereocenters. The van der Waals surface area contributed by atoms with E-state index >= 15 is 0 Å². The molecule has 2 aromatic carbocycles. The fraction of sp³-hybridized carbons (Fsp3) is 0.118. The Morgan fingerprint density at radius 1 is 1.04 bits per heavy atom. The van der Waals surface area contributed by atoms with Gasteiger partial charge in [-0.05, 0) is 36.4 Å². The SMILES string of the molecule is FC(F)(F)Oc1ccc(-c2noc(CSc3nc4ccccc4[nH]3)n2)cc1. The van der Waals surface area contributed by atoms with Crippen LogP contribution < -0.4 is 4.74 Å². The lowest BCUT2D eigenvalue weighted by Gasteiger charge is -2.08. The Hall–Kier alpha value is -3.01. The third-order valence-electron chi connectivity index (χ3n) is 3.51. The van der Waals surface area contributed by atoms with E-state index in [-0.39, 0.29) is 11.6 Å². The van der Waals surface area contributed by atoms with Gasteiger partial charge in [0.25, 0.3) is 0 Å². The Morgan fingerprint density at radius 2 is 1.81 bits per heavy atom. The zero-order valence-corrected chi connectivity index (χ0v) is 14.3. The fourth-order valence-electron chi connectivity index (χ4n) is 2.36. The Balaban J connectivity index is 1.42. The van der Waals surface area contributed by atoms with Crippen LogP contribution >= 0.6 is 11.8 Å². The number of halogens is 3. The van der Waals surface area contributed by atoms with E-state index in [1.807, 2.05) is 24.3 Å². The molecule has 2 heterocycles. The van der Waals surface area contributed by atoms with Crippen molar-refractivity contribution >= 4 is 22.8 Å². The number of aromatic nitrogens is 4. The Kier molecular flexibility index (Phi) is 4.48. The van der Waals surface area contributed by atoms with Crippen LogP contribution in [0.2, 0.25) is 0 Å². The number of H-pyrrole nitrogens is 1. The predicted molar refractivity (Wildman–Crippen MR) is 92.1 cm³/mol. The van der Waals surface area contributed by atoms with Gasteiger partial charge >= 0.3 is 6.36 Å². The average Bonchev–Trinajstić information content (AvgIpc) is 3.26.